The Bertz CT molecular complexity index is 751. The highest BCUT2D eigenvalue weighted by atomic mass is 127. The largest absolute Gasteiger partial charge is 0.357 e. The molecule has 132 valence electrons. The maximum Gasteiger partial charge on any atom is 0.191 e. The van der Waals surface area contributed by atoms with Gasteiger partial charge < -0.3 is 10.6 Å². The molecule has 7 heteroatoms. The molecule has 2 heterocycles. The molecule has 0 atom stereocenters. The van der Waals surface area contributed by atoms with Crippen molar-refractivity contribution in [3.63, 3.8) is 0 Å². The van der Waals surface area contributed by atoms with Gasteiger partial charge in [0.05, 0.1) is 18.8 Å². The second kappa shape index (κ2) is 10.2. The Labute approximate surface area is 169 Å². The summed E-state index contributed by atoms with van der Waals surface area (Å²) in [6, 6.07) is 14.4. The number of hydrogen-bond acceptors (Lipinski definition) is 3. The summed E-state index contributed by atoms with van der Waals surface area (Å²) in [5.41, 5.74) is 2.22. The quantitative estimate of drug-likeness (QED) is 0.330. The zero-order valence-electron chi connectivity index (χ0n) is 14.1. The predicted octanol–water partition coefficient (Wildman–Crippen LogP) is 3.81. The predicted molar refractivity (Wildman–Crippen MR) is 115 cm³/mol. The lowest BCUT2D eigenvalue weighted by Gasteiger charge is -2.10. The Morgan fingerprint density at radius 3 is 2.64 bits per heavy atom. The molecule has 0 fully saturated rings. The number of aromatic nitrogens is 2. The van der Waals surface area contributed by atoms with Crippen LogP contribution < -0.4 is 10.6 Å². The van der Waals surface area contributed by atoms with E-state index < -0.39 is 0 Å². The Kier molecular flexibility index (Phi) is 7.93. The van der Waals surface area contributed by atoms with E-state index in [1.54, 1.807) is 17.5 Å². The van der Waals surface area contributed by atoms with Crippen LogP contribution in [0.5, 0.6) is 0 Å². The van der Waals surface area contributed by atoms with E-state index in [0.29, 0.717) is 6.54 Å². The second-order valence-corrected chi connectivity index (χ2v) is 6.28. The third-order valence-electron chi connectivity index (χ3n) is 3.48. The van der Waals surface area contributed by atoms with Crippen LogP contribution in [0.3, 0.4) is 0 Å². The van der Waals surface area contributed by atoms with E-state index in [1.165, 1.54) is 10.4 Å². The van der Waals surface area contributed by atoms with Crippen LogP contribution in [0, 0.1) is 0 Å². The third kappa shape index (κ3) is 5.86. The fraction of sp³-hybridized carbons (Fsp3) is 0.222. The minimum atomic E-state index is 0. The first-order valence-electron chi connectivity index (χ1n) is 7.98. The van der Waals surface area contributed by atoms with Crippen LogP contribution in [-0.2, 0) is 13.1 Å². The Morgan fingerprint density at radius 2 is 2.00 bits per heavy atom. The van der Waals surface area contributed by atoms with Gasteiger partial charge in [0, 0.05) is 23.8 Å². The molecule has 0 aliphatic heterocycles. The van der Waals surface area contributed by atoms with Crippen molar-refractivity contribution in [2.45, 2.75) is 20.0 Å². The van der Waals surface area contributed by atoms with E-state index in [-0.39, 0.29) is 24.0 Å². The summed E-state index contributed by atoms with van der Waals surface area (Å²) in [6.07, 6.45) is 3.71. The van der Waals surface area contributed by atoms with E-state index in [4.69, 9.17) is 0 Å². The Morgan fingerprint density at radius 1 is 1.16 bits per heavy atom. The van der Waals surface area contributed by atoms with Gasteiger partial charge in [-0.25, -0.2) is 9.67 Å². The van der Waals surface area contributed by atoms with Gasteiger partial charge in [-0.3, -0.25) is 0 Å². The molecule has 1 aromatic carbocycles. The van der Waals surface area contributed by atoms with Gasteiger partial charge in [0.1, 0.15) is 0 Å². The summed E-state index contributed by atoms with van der Waals surface area (Å²) in [4.78, 5) is 5.95. The van der Waals surface area contributed by atoms with Crippen molar-refractivity contribution in [2.75, 3.05) is 6.54 Å². The maximum atomic E-state index is 4.65. The molecule has 0 aliphatic rings. The van der Waals surface area contributed by atoms with Gasteiger partial charge in [-0.2, -0.15) is 5.10 Å². The van der Waals surface area contributed by atoms with Crippen LogP contribution in [-0.4, -0.2) is 22.3 Å². The van der Waals surface area contributed by atoms with Crippen molar-refractivity contribution >= 4 is 41.3 Å². The number of hydrogen-bond donors (Lipinski definition) is 2. The molecule has 0 aliphatic carbocycles. The molecule has 0 saturated heterocycles. The highest BCUT2D eigenvalue weighted by molar-refractivity contribution is 14.0. The number of guanidine groups is 1. The lowest BCUT2D eigenvalue weighted by atomic mass is 10.2. The molecule has 0 amide bonds. The highest BCUT2D eigenvalue weighted by Crippen LogP contribution is 2.10. The van der Waals surface area contributed by atoms with E-state index in [1.807, 2.05) is 16.9 Å². The number of benzene rings is 1. The molecular formula is C18H22IN5S. The van der Waals surface area contributed by atoms with Crippen molar-refractivity contribution in [1.29, 1.82) is 0 Å². The Hall–Kier alpha value is -1.87. The average molecular weight is 467 g/mol. The molecular weight excluding hydrogens is 445 g/mol. The topological polar surface area (TPSA) is 54.2 Å². The van der Waals surface area contributed by atoms with E-state index in [2.05, 4.69) is 69.4 Å². The minimum absolute atomic E-state index is 0. The van der Waals surface area contributed by atoms with Gasteiger partial charge in [0.2, 0.25) is 0 Å². The lowest BCUT2D eigenvalue weighted by molar-refractivity contribution is 0.823. The van der Waals surface area contributed by atoms with Crippen molar-refractivity contribution in [2.24, 2.45) is 4.99 Å². The molecule has 0 bridgehead atoms. The highest BCUT2D eigenvalue weighted by Gasteiger charge is 2.00. The van der Waals surface area contributed by atoms with Crippen LogP contribution in [0.25, 0.3) is 5.69 Å². The van der Waals surface area contributed by atoms with Crippen LogP contribution in [0.15, 0.2) is 65.2 Å². The summed E-state index contributed by atoms with van der Waals surface area (Å²) in [5.74, 6) is 0.835. The molecule has 0 spiro atoms. The van der Waals surface area contributed by atoms with Crippen LogP contribution in [0.2, 0.25) is 0 Å². The molecule has 3 rings (SSSR count). The number of aliphatic imine (C=N–C) groups is 1. The van der Waals surface area contributed by atoms with Gasteiger partial charge >= 0.3 is 0 Å². The SMILES string of the molecule is CCNC(=NCc1ccc(-n2cccn2)cc1)NCc1cccs1.I. The van der Waals surface area contributed by atoms with Crippen LogP contribution in [0.4, 0.5) is 0 Å². The normalized spacial score (nSPS) is 11.0. The van der Waals surface area contributed by atoms with Crippen molar-refractivity contribution < 1.29 is 0 Å². The molecule has 0 radical (unpaired) electrons. The van der Waals surface area contributed by atoms with Gasteiger partial charge in [-0.1, -0.05) is 18.2 Å². The zero-order valence-corrected chi connectivity index (χ0v) is 17.2. The molecule has 0 unspecified atom stereocenters. The fourth-order valence-corrected chi connectivity index (χ4v) is 2.92. The lowest BCUT2D eigenvalue weighted by Crippen LogP contribution is -2.36. The number of rotatable bonds is 6. The molecule has 5 nitrogen and oxygen atoms in total. The van der Waals surface area contributed by atoms with Crippen molar-refractivity contribution in [1.82, 2.24) is 20.4 Å². The smallest absolute Gasteiger partial charge is 0.191 e. The van der Waals surface area contributed by atoms with Gasteiger partial charge in [-0.05, 0) is 42.1 Å². The first kappa shape index (κ1) is 19.5. The van der Waals surface area contributed by atoms with Gasteiger partial charge in [0.15, 0.2) is 5.96 Å². The summed E-state index contributed by atoms with van der Waals surface area (Å²) < 4.78 is 1.85. The van der Waals surface area contributed by atoms with Crippen molar-refractivity contribution in [3.05, 3.63) is 70.7 Å². The number of nitrogens with one attached hydrogen (secondary N) is 2. The number of halogens is 1. The minimum Gasteiger partial charge on any atom is -0.357 e. The molecule has 0 saturated carbocycles. The summed E-state index contributed by atoms with van der Waals surface area (Å²) >= 11 is 1.74. The van der Waals surface area contributed by atoms with E-state index >= 15 is 0 Å². The van der Waals surface area contributed by atoms with E-state index in [9.17, 15) is 0 Å². The van der Waals surface area contributed by atoms with Crippen LogP contribution in [0.1, 0.15) is 17.4 Å². The summed E-state index contributed by atoms with van der Waals surface area (Å²) in [7, 11) is 0. The standard InChI is InChI=1S/C18H21N5S.HI/c1-2-19-18(21-14-17-5-3-12-24-17)20-13-15-6-8-16(9-7-15)23-11-4-10-22-23;/h3-12H,2,13-14H2,1H3,(H2,19,20,21);1H. The first-order valence-corrected chi connectivity index (χ1v) is 8.86. The summed E-state index contributed by atoms with van der Waals surface area (Å²) in [5, 5.41) is 13.0. The fourth-order valence-electron chi connectivity index (χ4n) is 2.27. The van der Waals surface area contributed by atoms with Crippen molar-refractivity contribution in [3.8, 4) is 5.69 Å². The third-order valence-corrected chi connectivity index (χ3v) is 4.36. The van der Waals surface area contributed by atoms with Crippen LogP contribution >= 0.6 is 35.3 Å². The van der Waals surface area contributed by atoms with E-state index in [0.717, 1.165) is 24.7 Å². The molecule has 2 N–H and O–H groups in total. The molecule has 25 heavy (non-hydrogen) atoms. The summed E-state index contributed by atoms with van der Waals surface area (Å²) in [6.45, 7) is 4.34. The maximum absolute atomic E-state index is 4.65. The number of thiophene rings is 1. The molecule has 3 aromatic rings. The second-order valence-electron chi connectivity index (χ2n) is 5.25. The number of nitrogens with zero attached hydrogens (tertiary/aromatic N) is 3. The first-order chi connectivity index (χ1) is 11.8. The molecule has 2 aromatic heterocycles. The Balaban J connectivity index is 0.00000225. The average Bonchev–Trinajstić information content (AvgIpc) is 3.31. The zero-order chi connectivity index (χ0) is 16.6. The van der Waals surface area contributed by atoms with Gasteiger partial charge in [-0.15, -0.1) is 35.3 Å². The monoisotopic (exact) mass is 467 g/mol. The van der Waals surface area contributed by atoms with Gasteiger partial charge in [0.25, 0.3) is 0 Å².